The van der Waals surface area contributed by atoms with Crippen molar-refractivity contribution in [3.8, 4) is 11.8 Å². The van der Waals surface area contributed by atoms with Gasteiger partial charge in [0.25, 0.3) is 0 Å². The average Bonchev–Trinajstić information content (AvgIpc) is 2.75. The zero-order valence-electron chi connectivity index (χ0n) is 11.5. The van der Waals surface area contributed by atoms with E-state index in [1.165, 1.54) is 0 Å². The molecule has 6 nitrogen and oxygen atoms in total. The first-order valence-electron chi connectivity index (χ1n) is 6.29. The number of hydrogen-bond donors (Lipinski definition) is 0. The third-order valence-corrected chi connectivity index (χ3v) is 3.37. The molecule has 1 aliphatic heterocycles. The summed E-state index contributed by atoms with van der Waals surface area (Å²) >= 11 is 0. The molecule has 0 N–H and O–H groups in total. The van der Waals surface area contributed by atoms with Gasteiger partial charge in [-0.2, -0.15) is 4.98 Å². The molecule has 19 heavy (non-hydrogen) atoms. The maximum absolute atomic E-state index is 5.86. The van der Waals surface area contributed by atoms with Crippen LogP contribution in [0.4, 0.5) is 0 Å². The van der Waals surface area contributed by atoms with Crippen LogP contribution in [-0.4, -0.2) is 34.7 Å². The summed E-state index contributed by atoms with van der Waals surface area (Å²) < 4.78 is 18.3. The molecule has 2 atom stereocenters. The third kappa shape index (κ3) is 1.83. The summed E-state index contributed by atoms with van der Waals surface area (Å²) in [5.74, 6) is 1.74. The molecule has 2 aromatic rings. The van der Waals surface area contributed by atoms with E-state index in [-0.39, 0.29) is 12.2 Å². The maximum Gasteiger partial charge on any atom is 0.240 e. The predicted molar refractivity (Wildman–Crippen MR) is 68.8 cm³/mol. The molecular weight excluding hydrogens is 246 g/mol. The lowest BCUT2D eigenvalue weighted by atomic mass is 10.1. The number of hydrogen-bond acceptors (Lipinski definition) is 5. The molecule has 2 aromatic heterocycles. The summed E-state index contributed by atoms with van der Waals surface area (Å²) in [7, 11) is 3.20. The fourth-order valence-corrected chi connectivity index (χ4v) is 2.61. The standard InChI is InChI=1S/C13H17N3O3/c1-7-5-9-12(8(2)19-7)16-11(18-4)6-10(17-3)15-13(16)14-9/h6-8H,5H2,1-4H3. The number of nitrogens with zero attached hydrogens (tertiary/aromatic N) is 3. The molecule has 0 amide bonds. The van der Waals surface area contributed by atoms with E-state index in [4.69, 9.17) is 14.2 Å². The first-order chi connectivity index (χ1) is 9.13. The third-order valence-electron chi connectivity index (χ3n) is 3.37. The second-order valence-corrected chi connectivity index (χ2v) is 4.71. The molecule has 0 aliphatic carbocycles. The van der Waals surface area contributed by atoms with Gasteiger partial charge >= 0.3 is 0 Å². The highest BCUT2D eigenvalue weighted by Crippen LogP contribution is 2.33. The lowest BCUT2D eigenvalue weighted by Crippen LogP contribution is -2.23. The van der Waals surface area contributed by atoms with Crippen LogP contribution < -0.4 is 9.47 Å². The van der Waals surface area contributed by atoms with E-state index < -0.39 is 0 Å². The highest BCUT2D eigenvalue weighted by Gasteiger charge is 2.29. The summed E-state index contributed by atoms with van der Waals surface area (Å²) in [6.45, 7) is 4.07. The monoisotopic (exact) mass is 263 g/mol. The SMILES string of the molecule is COc1cc(OC)n2c3c(nc2n1)CC(C)OC3C. The van der Waals surface area contributed by atoms with Crippen molar-refractivity contribution in [2.75, 3.05) is 14.2 Å². The Morgan fingerprint density at radius 2 is 2.05 bits per heavy atom. The lowest BCUT2D eigenvalue weighted by Gasteiger charge is -2.25. The van der Waals surface area contributed by atoms with Crippen molar-refractivity contribution in [2.45, 2.75) is 32.5 Å². The van der Waals surface area contributed by atoms with E-state index in [2.05, 4.69) is 16.9 Å². The van der Waals surface area contributed by atoms with Gasteiger partial charge < -0.3 is 14.2 Å². The fourth-order valence-electron chi connectivity index (χ4n) is 2.61. The normalized spacial score (nSPS) is 22.3. The molecule has 0 aromatic carbocycles. The zero-order chi connectivity index (χ0) is 13.6. The molecule has 1 aliphatic rings. The van der Waals surface area contributed by atoms with Gasteiger partial charge in [-0.05, 0) is 13.8 Å². The highest BCUT2D eigenvalue weighted by molar-refractivity contribution is 5.45. The molecule has 0 bridgehead atoms. The minimum atomic E-state index is -0.0298. The smallest absolute Gasteiger partial charge is 0.240 e. The van der Waals surface area contributed by atoms with Crippen molar-refractivity contribution in [3.63, 3.8) is 0 Å². The first-order valence-corrected chi connectivity index (χ1v) is 6.29. The lowest BCUT2D eigenvalue weighted by molar-refractivity contribution is -0.00862. The molecule has 0 spiro atoms. The van der Waals surface area contributed by atoms with Crippen LogP contribution in [0.5, 0.6) is 11.8 Å². The van der Waals surface area contributed by atoms with Crippen molar-refractivity contribution >= 4 is 5.78 Å². The van der Waals surface area contributed by atoms with Gasteiger partial charge in [-0.25, -0.2) is 9.38 Å². The topological polar surface area (TPSA) is 57.9 Å². The quantitative estimate of drug-likeness (QED) is 0.826. The van der Waals surface area contributed by atoms with Gasteiger partial charge in [0, 0.05) is 6.42 Å². The Hall–Kier alpha value is -1.82. The Bertz CT molecular complexity index is 623. The maximum atomic E-state index is 5.86. The number of imidazole rings is 1. The van der Waals surface area contributed by atoms with Crippen LogP contribution in [0, 0.1) is 0 Å². The van der Waals surface area contributed by atoms with Crippen LogP contribution in [-0.2, 0) is 11.2 Å². The second-order valence-electron chi connectivity index (χ2n) is 4.71. The van der Waals surface area contributed by atoms with Gasteiger partial charge in [-0.1, -0.05) is 0 Å². The number of methoxy groups -OCH3 is 2. The Balaban J connectivity index is 2.28. The zero-order valence-corrected chi connectivity index (χ0v) is 11.5. The van der Waals surface area contributed by atoms with Crippen molar-refractivity contribution in [2.24, 2.45) is 0 Å². The van der Waals surface area contributed by atoms with Gasteiger partial charge in [0.2, 0.25) is 17.5 Å². The van der Waals surface area contributed by atoms with Crippen molar-refractivity contribution in [3.05, 3.63) is 17.5 Å². The molecular formula is C13H17N3O3. The molecule has 0 saturated heterocycles. The fraction of sp³-hybridized carbons (Fsp3) is 0.538. The van der Waals surface area contributed by atoms with Crippen LogP contribution in [0.3, 0.4) is 0 Å². The van der Waals surface area contributed by atoms with Gasteiger partial charge in [-0.15, -0.1) is 0 Å². The molecule has 6 heteroatoms. The number of ether oxygens (including phenoxy) is 3. The van der Waals surface area contributed by atoms with Crippen LogP contribution in [0.1, 0.15) is 31.3 Å². The van der Waals surface area contributed by atoms with Gasteiger partial charge in [0.15, 0.2) is 0 Å². The van der Waals surface area contributed by atoms with Crippen molar-refractivity contribution in [1.82, 2.24) is 14.4 Å². The molecule has 0 saturated carbocycles. The van der Waals surface area contributed by atoms with E-state index in [0.29, 0.717) is 17.5 Å². The molecule has 0 radical (unpaired) electrons. The minimum Gasteiger partial charge on any atom is -0.482 e. The molecule has 3 heterocycles. The molecule has 3 rings (SSSR count). The Kier molecular flexibility index (Phi) is 2.82. The molecule has 0 fully saturated rings. The Morgan fingerprint density at radius 1 is 1.26 bits per heavy atom. The largest absolute Gasteiger partial charge is 0.482 e. The van der Waals surface area contributed by atoms with E-state index in [1.807, 2.05) is 11.3 Å². The van der Waals surface area contributed by atoms with Crippen LogP contribution in [0.25, 0.3) is 5.78 Å². The summed E-state index contributed by atoms with van der Waals surface area (Å²) in [6.07, 6.45) is 0.923. The number of aromatic nitrogens is 3. The summed E-state index contributed by atoms with van der Waals surface area (Å²) in [6, 6.07) is 1.75. The van der Waals surface area contributed by atoms with Gasteiger partial charge in [0.05, 0.1) is 43.9 Å². The Morgan fingerprint density at radius 3 is 2.74 bits per heavy atom. The van der Waals surface area contributed by atoms with Crippen LogP contribution in [0.2, 0.25) is 0 Å². The molecule has 102 valence electrons. The first kappa shape index (κ1) is 12.2. The van der Waals surface area contributed by atoms with E-state index in [1.54, 1.807) is 20.3 Å². The number of fused-ring (bicyclic) bond motifs is 3. The number of rotatable bonds is 2. The van der Waals surface area contributed by atoms with Crippen LogP contribution >= 0.6 is 0 Å². The van der Waals surface area contributed by atoms with E-state index in [9.17, 15) is 0 Å². The summed E-state index contributed by atoms with van der Waals surface area (Å²) in [5.41, 5.74) is 2.03. The highest BCUT2D eigenvalue weighted by atomic mass is 16.5. The molecule has 2 unspecified atom stereocenters. The minimum absolute atomic E-state index is 0.0298. The summed E-state index contributed by atoms with van der Waals surface area (Å²) in [5, 5.41) is 0. The van der Waals surface area contributed by atoms with E-state index in [0.717, 1.165) is 17.8 Å². The predicted octanol–water partition coefficient (Wildman–Crippen LogP) is 1.77. The summed E-state index contributed by atoms with van der Waals surface area (Å²) in [4.78, 5) is 8.94. The van der Waals surface area contributed by atoms with E-state index >= 15 is 0 Å². The second kappa shape index (κ2) is 4.38. The van der Waals surface area contributed by atoms with Crippen molar-refractivity contribution in [1.29, 1.82) is 0 Å². The van der Waals surface area contributed by atoms with Gasteiger partial charge in [0.1, 0.15) is 0 Å². The van der Waals surface area contributed by atoms with Crippen LogP contribution in [0.15, 0.2) is 6.07 Å². The van der Waals surface area contributed by atoms with Crippen molar-refractivity contribution < 1.29 is 14.2 Å². The average molecular weight is 263 g/mol. The Labute approximate surface area is 111 Å². The van der Waals surface area contributed by atoms with Gasteiger partial charge in [-0.3, -0.25) is 0 Å².